The van der Waals surface area contributed by atoms with Gasteiger partial charge in [0.2, 0.25) is 9.84 Å². The molecule has 0 unspecified atom stereocenters. The summed E-state index contributed by atoms with van der Waals surface area (Å²) < 4.78 is 53.3. The molecule has 8 heteroatoms. The minimum absolute atomic E-state index is 0.0778. The van der Waals surface area contributed by atoms with Crippen molar-refractivity contribution >= 4 is 9.84 Å². The highest BCUT2D eigenvalue weighted by atomic mass is 32.2. The number of nitrogens with zero attached hydrogens (tertiary/aromatic N) is 1. The van der Waals surface area contributed by atoms with Gasteiger partial charge in [0.25, 0.3) is 0 Å². The maximum absolute atomic E-state index is 13.9. The Labute approximate surface area is 235 Å². The molecule has 0 radical (unpaired) electrons. The highest BCUT2D eigenvalue weighted by Gasteiger charge is 2.52. The van der Waals surface area contributed by atoms with Crippen LogP contribution in [0.4, 0.5) is 0 Å². The van der Waals surface area contributed by atoms with Gasteiger partial charge in [-0.1, -0.05) is 97.1 Å². The first-order chi connectivity index (χ1) is 19.5. The van der Waals surface area contributed by atoms with E-state index in [0.29, 0.717) is 6.61 Å². The molecule has 0 saturated carbocycles. The van der Waals surface area contributed by atoms with Crippen molar-refractivity contribution in [2.24, 2.45) is 0 Å². The summed E-state index contributed by atoms with van der Waals surface area (Å²) in [4.78, 5) is 4.12. The Morgan fingerprint density at radius 3 is 1.55 bits per heavy atom. The first-order valence-electron chi connectivity index (χ1n) is 13.3. The van der Waals surface area contributed by atoms with E-state index >= 15 is 0 Å². The molecule has 1 aliphatic heterocycles. The zero-order valence-electron chi connectivity index (χ0n) is 22.3. The third kappa shape index (κ3) is 6.83. The van der Waals surface area contributed by atoms with Crippen LogP contribution in [0.2, 0.25) is 0 Å². The van der Waals surface area contributed by atoms with Gasteiger partial charge in [-0.05, 0) is 35.7 Å². The number of aromatic nitrogens is 1. The first kappa shape index (κ1) is 28.1. The van der Waals surface area contributed by atoms with E-state index in [0.717, 1.165) is 16.7 Å². The fraction of sp³-hybridized carbons (Fsp3) is 0.281. The predicted molar refractivity (Wildman–Crippen MR) is 151 cm³/mol. The number of ether oxygens (including phenoxy) is 4. The topological polar surface area (TPSA) is 84.0 Å². The molecule has 208 valence electrons. The minimum Gasteiger partial charge on any atom is -0.368 e. The molecule has 7 nitrogen and oxygen atoms in total. The summed E-state index contributed by atoms with van der Waals surface area (Å²) in [6, 6.07) is 33.9. The van der Waals surface area contributed by atoms with Gasteiger partial charge in [0.1, 0.15) is 18.3 Å². The monoisotopic (exact) mass is 559 g/mol. The number of benzene rings is 3. The van der Waals surface area contributed by atoms with E-state index < -0.39 is 39.7 Å². The van der Waals surface area contributed by atoms with Gasteiger partial charge in [0.05, 0.1) is 25.9 Å². The lowest BCUT2D eigenvalue weighted by Gasteiger charge is -2.44. The molecule has 1 saturated heterocycles. The Bertz CT molecular complexity index is 1420. The molecule has 1 fully saturated rings. The van der Waals surface area contributed by atoms with E-state index in [2.05, 4.69) is 4.98 Å². The second kappa shape index (κ2) is 13.3. The summed E-state index contributed by atoms with van der Waals surface area (Å²) in [7, 11) is -4.05. The summed E-state index contributed by atoms with van der Waals surface area (Å²) >= 11 is 0. The van der Waals surface area contributed by atoms with Crippen molar-refractivity contribution in [1.29, 1.82) is 0 Å². The van der Waals surface area contributed by atoms with Gasteiger partial charge in [-0.3, -0.25) is 0 Å². The molecule has 0 aliphatic carbocycles. The normalized spacial score (nSPS) is 23.1. The summed E-state index contributed by atoms with van der Waals surface area (Å²) in [6.07, 6.45) is -1.49. The number of rotatable bonds is 11. The van der Waals surface area contributed by atoms with Crippen molar-refractivity contribution in [3.8, 4) is 0 Å². The lowest BCUT2D eigenvalue weighted by molar-refractivity contribution is -0.244. The molecular formula is C32H33NO6S. The highest BCUT2D eigenvalue weighted by Crippen LogP contribution is 2.34. The molecule has 1 aromatic heterocycles. The smallest absolute Gasteiger partial charge is 0.225 e. The van der Waals surface area contributed by atoms with Crippen LogP contribution >= 0.6 is 0 Å². The zero-order chi connectivity index (χ0) is 27.8. The molecule has 0 amide bonds. The molecule has 5 atom stereocenters. The van der Waals surface area contributed by atoms with Crippen LogP contribution in [0.1, 0.15) is 23.6 Å². The Morgan fingerprint density at radius 2 is 1.07 bits per heavy atom. The summed E-state index contributed by atoms with van der Waals surface area (Å²) in [6.45, 7) is 2.55. The lowest BCUT2D eigenvalue weighted by Crippen LogP contribution is -2.61. The van der Waals surface area contributed by atoms with E-state index in [1.54, 1.807) is 12.1 Å². The van der Waals surface area contributed by atoms with Crippen molar-refractivity contribution in [3.63, 3.8) is 0 Å². The van der Waals surface area contributed by atoms with Crippen LogP contribution in [0.5, 0.6) is 0 Å². The summed E-state index contributed by atoms with van der Waals surface area (Å²) in [5.41, 5.74) is 1.49. The summed E-state index contributed by atoms with van der Waals surface area (Å²) in [5.74, 6) is 0. The first-order valence-corrected chi connectivity index (χ1v) is 14.8. The van der Waals surface area contributed by atoms with Crippen LogP contribution in [0.15, 0.2) is 120 Å². The van der Waals surface area contributed by atoms with E-state index in [4.69, 9.17) is 18.9 Å². The zero-order valence-corrected chi connectivity index (χ0v) is 23.1. The van der Waals surface area contributed by atoms with Gasteiger partial charge in [0.15, 0.2) is 10.5 Å². The second-order valence-electron chi connectivity index (χ2n) is 9.71. The quantitative estimate of drug-likeness (QED) is 0.245. The van der Waals surface area contributed by atoms with Crippen LogP contribution in [0.3, 0.4) is 0 Å². The Hall–Kier alpha value is -3.40. The molecule has 0 N–H and O–H groups in total. The molecule has 1 aliphatic rings. The van der Waals surface area contributed by atoms with Crippen LogP contribution in [-0.4, -0.2) is 43.3 Å². The minimum atomic E-state index is -4.05. The Morgan fingerprint density at radius 1 is 0.625 bits per heavy atom. The fourth-order valence-corrected chi connectivity index (χ4v) is 6.38. The number of hydrogen-bond donors (Lipinski definition) is 0. The number of pyridine rings is 1. The largest absolute Gasteiger partial charge is 0.368 e. The van der Waals surface area contributed by atoms with Crippen LogP contribution in [0.25, 0.3) is 0 Å². The third-order valence-corrected chi connectivity index (χ3v) is 8.63. The fourth-order valence-electron chi connectivity index (χ4n) is 4.75. The second-order valence-corrected chi connectivity index (χ2v) is 11.7. The van der Waals surface area contributed by atoms with E-state index in [-0.39, 0.29) is 18.2 Å². The highest BCUT2D eigenvalue weighted by molar-refractivity contribution is 7.91. The van der Waals surface area contributed by atoms with Gasteiger partial charge in [0, 0.05) is 6.20 Å². The predicted octanol–water partition coefficient (Wildman–Crippen LogP) is 5.36. The molecular weight excluding hydrogens is 526 g/mol. The average molecular weight is 560 g/mol. The maximum atomic E-state index is 13.9. The third-order valence-electron chi connectivity index (χ3n) is 6.82. The van der Waals surface area contributed by atoms with Gasteiger partial charge < -0.3 is 18.9 Å². The van der Waals surface area contributed by atoms with E-state index in [9.17, 15) is 8.42 Å². The van der Waals surface area contributed by atoms with Crippen molar-refractivity contribution in [2.45, 2.75) is 61.6 Å². The lowest BCUT2D eigenvalue weighted by atomic mass is 9.99. The molecule has 0 bridgehead atoms. The van der Waals surface area contributed by atoms with Crippen LogP contribution in [-0.2, 0) is 48.6 Å². The van der Waals surface area contributed by atoms with Gasteiger partial charge in [-0.25, -0.2) is 13.4 Å². The van der Waals surface area contributed by atoms with Crippen LogP contribution < -0.4 is 0 Å². The molecule has 40 heavy (non-hydrogen) atoms. The molecule has 5 rings (SSSR count). The van der Waals surface area contributed by atoms with Gasteiger partial charge in [-0.2, -0.15) is 0 Å². The molecule has 4 aromatic rings. The summed E-state index contributed by atoms with van der Waals surface area (Å²) in [5, 5.41) is -0.0778. The van der Waals surface area contributed by atoms with Crippen molar-refractivity contribution in [3.05, 3.63) is 132 Å². The molecule has 2 heterocycles. The van der Waals surface area contributed by atoms with Crippen molar-refractivity contribution < 1.29 is 27.4 Å². The van der Waals surface area contributed by atoms with E-state index in [1.807, 2.05) is 97.9 Å². The number of hydrogen-bond acceptors (Lipinski definition) is 7. The standard InChI is InChI=1S/C32H33NO6S/c1-24-29(36-21-25-13-5-2-6-14-25)30(37-22-26-15-7-3-8-16-26)31(38-23-27-17-9-4-10-18-27)32(39-24)40(34,35)28-19-11-12-20-33-28/h2-20,24,29-32H,21-23H2,1H3/t24-,29+,30+,31-,32-/m0/s1. The van der Waals surface area contributed by atoms with Crippen molar-refractivity contribution in [2.75, 3.05) is 0 Å². The van der Waals surface area contributed by atoms with E-state index in [1.165, 1.54) is 12.3 Å². The molecule has 0 spiro atoms. The maximum Gasteiger partial charge on any atom is 0.225 e. The van der Waals surface area contributed by atoms with Gasteiger partial charge >= 0.3 is 0 Å². The Balaban J connectivity index is 1.49. The van der Waals surface area contributed by atoms with Crippen LogP contribution in [0, 0.1) is 0 Å². The average Bonchev–Trinajstić information content (AvgIpc) is 3.00. The van der Waals surface area contributed by atoms with Gasteiger partial charge in [-0.15, -0.1) is 0 Å². The Kier molecular flexibility index (Phi) is 9.36. The molecule has 3 aromatic carbocycles. The van der Waals surface area contributed by atoms with Crippen molar-refractivity contribution in [1.82, 2.24) is 4.98 Å². The SMILES string of the molecule is C[C@@H]1O[C@@H](S(=O)(=O)c2ccccn2)[C@@H](OCc2ccccc2)[C@H](OCc2ccccc2)[C@@H]1OCc1ccccc1. The number of sulfone groups is 1.